The number of H-pyrrole nitrogens is 1. The summed E-state index contributed by atoms with van der Waals surface area (Å²) in [5.74, 6) is 0. The SMILES string of the molecule is O=[N+]([O-])c1ccc(NCCc2c[nH]c3ccccc23)c2ccncc12. The van der Waals surface area contributed by atoms with Crippen molar-refractivity contribution >= 4 is 33.1 Å². The number of nitro benzene ring substituents is 1. The maximum absolute atomic E-state index is 11.2. The van der Waals surface area contributed by atoms with Gasteiger partial charge >= 0.3 is 0 Å². The van der Waals surface area contributed by atoms with Crippen LogP contribution in [-0.2, 0) is 6.42 Å². The van der Waals surface area contributed by atoms with Crippen LogP contribution in [0.15, 0.2) is 61.1 Å². The molecule has 25 heavy (non-hydrogen) atoms. The average Bonchev–Trinajstić information content (AvgIpc) is 3.05. The van der Waals surface area contributed by atoms with E-state index in [1.165, 1.54) is 23.2 Å². The zero-order valence-corrected chi connectivity index (χ0v) is 13.4. The largest absolute Gasteiger partial charge is 0.384 e. The zero-order chi connectivity index (χ0) is 17.2. The molecule has 0 amide bonds. The van der Waals surface area contributed by atoms with Crippen LogP contribution in [-0.4, -0.2) is 21.4 Å². The van der Waals surface area contributed by atoms with Crippen LogP contribution in [0.5, 0.6) is 0 Å². The monoisotopic (exact) mass is 332 g/mol. The molecule has 6 heteroatoms. The van der Waals surface area contributed by atoms with Crippen LogP contribution in [0.3, 0.4) is 0 Å². The topological polar surface area (TPSA) is 83.9 Å². The van der Waals surface area contributed by atoms with Crippen LogP contribution in [0.25, 0.3) is 21.7 Å². The number of pyridine rings is 1. The molecule has 0 fully saturated rings. The van der Waals surface area contributed by atoms with E-state index >= 15 is 0 Å². The van der Waals surface area contributed by atoms with Crippen LogP contribution in [0.4, 0.5) is 11.4 Å². The zero-order valence-electron chi connectivity index (χ0n) is 13.4. The molecular weight excluding hydrogens is 316 g/mol. The van der Waals surface area contributed by atoms with Crippen molar-refractivity contribution < 1.29 is 4.92 Å². The van der Waals surface area contributed by atoms with Crippen LogP contribution < -0.4 is 5.32 Å². The molecule has 124 valence electrons. The molecule has 0 saturated carbocycles. The van der Waals surface area contributed by atoms with E-state index in [0.29, 0.717) is 5.39 Å². The van der Waals surface area contributed by atoms with Crippen molar-refractivity contribution in [3.8, 4) is 0 Å². The van der Waals surface area contributed by atoms with Gasteiger partial charge in [-0.15, -0.1) is 0 Å². The third-order valence-corrected chi connectivity index (χ3v) is 4.38. The molecule has 4 aromatic rings. The molecular formula is C19H16N4O2. The van der Waals surface area contributed by atoms with Crippen LogP contribution in [0, 0.1) is 10.1 Å². The number of benzene rings is 2. The van der Waals surface area contributed by atoms with Gasteiger partial charge in [-0.2, -0.15) is 0 Å². The van der Waals surface area contributed by atoms with Crippen molar-refractivity contribution in [3.63, 3.8) is 0 Å². The standard InChI is InChI=1S/C19H16N4O2/c24-23(25)19-6-5-18(15-8-9-20-12-16(15)19)21-10-7-13-11-22-17-4-2-1-3-14(13)17/h1-6,8-9,11-12,21-22H,7,10H2. The van der Waals surface area contributed by atoms with E-state index in [0.717, 1.165) is 29.6 Å². The third-order valence-electron chi connectivity index (χ3n) is 4.38. The first-order valence-electron chi connectivity index (χ1n) is 8.04. The number of rotatable bonds is 5. The fourth-order valence-electron chi connectivity index (χ4n) is 3.16. The van der Waals surface area contributed by atoms with E-state index < -0.39 is 0 Å². The third kappa shape index (κ3) is 2.78. The Hall–Kier alpha value is -3.41. The molecule has 0 bridgehead atoms. The Morgan fingerprint density at radius 2 is 1.96 bits per heavy atom. The minimum atomic E-state index is -0.375. The summed E-state index contributed by atoms with van der Waals surface area (Å²) in [4.78, 5) is 18.1. The Morgan fingerprint density at radius 1 is 1.08 bits per heavy atom. The molecule has 0 aliphatic heterocycles. The first-order chi connectivity index (χ1) is 12.2. The van der Waals surface area contributed by atoms with Gasteiger partial charge in [-0.05, 0) is 30.2 Å². The normalized spacial score (nSPS) is 11.0. The summed E-state index contributed by atoms with van der Waals surface area (Å²) in [6.07, 6.45) is 6.08. The van der Waals surface area contributed by atoms with Crippen LogP contribution >= 0.6 is 0 Å². The predicted molar refractivity (Wildman–Crippen MR) is 98.9 cm³/mol. The molecule has 0 spiro atoms. The van der Waals surface area contributed by atoms with Gasteiger partial charge in [0.1, 0.15) is 0 Å². The second-order valence-electron chi connectivity index (χ2n) is 5.85. The Labute approximate surface area is 143 Å². The Balaban J connectivity index is 1.57. The summed E-state index contributed by atoms with van der Waals surface area (Å²) >= 11 is 0. The van der Waals surface area contributed by atoms with E-state index in [9.17, 15) is 10.1 Å². The van der Waals surface area contributed by atoms with E-state index in [4.69, 9.17) is 0 Å². The van der Waals surface area contributed by atoms with Gasteiger partial charge in [0.15, 0.2) is 0 Å². The molecule has 2 aromatic carbocycles. The van der Waals surface area contributed by atoms with Gasteiger partial charge in [0.25, 0.3) is 5.69 Å². The summed E-state index contributed by atoms with van der Waals surface area (Å²) in [5, 5.41) is 17.1. The molecule has 0 atom stereocenters. The van der Waals surface area contributed by atoms with Gasteiger partial charge in [0, 0.05) is 53.2 Å². The Morgan fingerprint density at radius 3 is 2.84 bits per heavy atom. The molecule has 2 aromatic heterocycles. The molecule has 0 unspecified atom stereocenters. The molecule has 2 N–H and O–H groups in total. The lowest BCUT2D eigenvalue weighted by atomic mass is 10.1. The van der Waals surface area contributed by atoms with Crippen molar-refractivity contribution in [2.75, 3.05) is 11.9 Å². The van der Waals surface area contributed by atoms with Gasteiger partial charge < -0.3 is 10.3 Å². The van der Waals surface area contributed by atoms with Crippen LogP contribution in [0.2, 0.25) is 0 Å². The number of para-hydroxylation sites is 1. The molecule has 0 radical (unpaired) electrons. The summed E-state index contributed by atoms with van der Waals surface area (Å²) in [6, 6.07) is 13.3. The first kappa shape index (κ1) is 15.1. The number of fused-ring (bicyclic) bond motifs is 2. The second-order valence-corrected chi connectivity index (χ2v) is 5.85. The quantitative estimate of drug-likeness (QED) is 0.422. The summed E-state index contributed by atoms with van der Waals surface area (Å²) < 4.78 is 0. The number of nitrogens with one attached hydrogen (secondary N) is 2. The highest BCUT2D eigenvalue weighted by molar-refractivity contribution is 5.99. The minimum Gasteiger partial charge on any atom is -0.384 e. The lowest BCUT2D eigenvalue weighted by molar-refractivity contribution is -0.383. The number of anilines is 1. The van der Waals surface area contributed by atoms with Gasteiger partial charge in [0.2, 0.25) is 0 Å². The fraction of sp³-hybridized carbons (Fsp3) is 0.105. The number of aromatic amines is 1. The second kappa shape index (κ2) is 6.24. The van der Waals surface area contributed by atoms with Gasteiger partial charge in [-0.1, -0.05) is 18.2 Å². The van der Waals surface area contributed by atoms with Crippen LogP contribution in [0.1, 0.15) is 5.56 Å². The number of hydrogen-bond acceptors (Lipinski definition) is 4. The maximum Gasteiger partial charge on any atom is 0.278 e. The highest BCUT2D eigenvalue weighted by atomic mass is 16.6. The molecule has 4 rings (SSSR count). The fourth-order valence-corrected chi connectivity index (χ4v) is 3.16. The number of non-ortho nitro benzene ring substituents is 1. The summed E-state index contributed by atoms with van der Waals surface area (Å²) in [6.45, 7) is 0.733. The van der Waals surface area contributed by atoms with Crippen molar-refractivity contribution in [3.05, 3.63) is 76.7 Å². The highest BCUT2D eigenvalue weighted by Crippen LogP contribution is 2.30. The van der Waals surface area contributed by atoms with Crippen molar-refractivity contribution in [2.24, 2.45) is 0 Å². The van der Waals surface area contributed by atoms with Crippen molar-refractivity contribution in [1.29, 1.82) is 0 Å². The Bertz CT molecular complexity index is 1070. The van der Waals surface area contributed by atoms with E-state index in [1.54, 1.807) is 18.3 Å². The molecule has 0 aliphatic rings. The van der Waals surface area contributed by atoms with E-state index in [1.807, 2.05) is 18.3 Å². The smallest absolute Gasteiger partial charge is 0.278 e. The van der Waals surface area contributed by atoms with Crippen molar-refractivity contribution in [2.45, 2.75) is 6.42 Å². The van der Waals surface area contributed by atoms with Gasteiger partial charge in [-0.25, -0.2) is 0 Å². The average molecular weight is 332 g/mol. The molecule has 6 nitrogen and oxygen atoms in total. The molecule has 0 saturated heterocycles. The number of nitro groups is 1. The first-order valence-corrected chi connectivity index (χ1v) is 8.04. The Kier molecular flexibility index (Phi) is 3.78. The highest BCUT2D eigenvalue weighted by Gasteiger charge is 2.14. The number of aromatic nitrogens is 2. The van der Waals surface area contributed by atoms with E-state index in [2.05, 4.69) is 27.4 Å². The summed E-state index contributed by atoms with van der Waals surface area (Å²) in [5.41, 5.74) is 3.33. The number of nitrogens with zero attached hydrogens (tertiary/aromatic N) is 2. The minimum absolute atomic E-state index is 0.0743. The predicted octanol–water partition coefficient (Wildman–Crippen LogP) is 4.28. The lowest BCUT2D eigenvalue weighted by Gasteiger charge is -2.09. The number of hydrogen-bond donors (Lipinski definition) is 2. The maximum atomic E-state index is 11.2. The molecule has 2 heterocycles. The van der Waals surface area contributed by atoms with Gasteiger partial charge in [-0.3, -0.25) is 15.1 Å². The molecule has 0 aliphatic carbocycles. The lowest BCUT2D eigenvalue weighted by Crippen LogP contribution is -2.05. The van der Waals surface area contributed by atoms with Gasteiger partial charge in [0.05, 0.1) is 10.3 Å². The summed E-state index contributed by atoms with van der Waals surface area (Å²) in [7, 11) is 0. The van der Waals surface area contributed by atoms with Crippen molar-refractivity contribution in [1.82, 2.24) is 9.97 Å². The van der Waals surface area contributed by atoms with E-state index in [-0.39, 0.29) is 10.6 Å².